The van der Waals surface area contributed by atoms with Crippen LogP contribution in [0.3, 0.4) is 0 Å². The molecule has 0 spiro atoms. The van der Waals surface area contributed by atoms with Gasteiger partial charge in [0.05, 0.1) is 5.75 Å². The zero-order valence-electron chi connectivity index (χ0n) is 9.17. The van der Waals surface area contributed by atoms with E-state index in [4.69, 9.17) is 4.52 Å². The second-order valence-electron chi connectivity index (χ2n) is 4.08. The van der Waals surface area contributed by atoms with Crippen molar-refractivity contribution in [3.05, 3.63) is 36.0 Å². The molecule has 1 heterocycles. The minimum absolute atomic E-state index is 0.291. The van der Waals surface area contributed by atoms with Gasteiger partial charge < -0.3 is 9.63 Å². The largest absolute Gasteiger partial charge is 0.507 e. The third kappa shape index (κ3) is 2.44. The summed E-state index contributed by atoms with van der Waals surface area (Å²) in [5.41, 5.74) is 0. The van der Waals surface area contributed by atoms with Gasteiger partial charge in [0.1, 0.15) is 5.75 Å². The molecular formula is C12H12N2O2S. The van der Waals surface area contributed by atoms with Crippen LogP contribution in [0, 0.1) is 0 Å². The molecule has 0 atom stereocenters. The predicted octanol–water partition coefficient (Wildman–Crippen LogP) is 2.94. The highest BCUT2D eigenvalue weighted by atomic mass is 32.2. The molecular weight excluding hydrogens is 236 g/mol. The normalized spacial score (nSPS) is 15.1. The zero-order chi connectivity index (χ0) is 11.7. The molecule has 0 saturated heterocycles. The van der Waals surface area contributed by atoms with Crippen molar-refractivity contribution in [1.82, 2.24) is 10.1 Å². The number of rotatable bonds is 4. The first-order valence-electron chi connectivity index (χ1n) is 5.56. The van der Waals surface area contributed by atoms with Crippen molar-refractivity contribution in [2.75, 3.05) is 0 Å². The molecule has 1 aliphatic rings. The molecule has 0 radical (unpaired) electrons. The first kappa shape index (κ1) is 10.7. The fourth-order valence-corrected chi connectivity index (χ4v) is 2.34. The van der Waals surface area contributed by atoms with Crippen LogP contribution in [0.4, 0.5) is 0 Å². The van der Waals surface area contributed by atoms with E-state index in [-0.39, 0.29) is 0 Å². The van der Waals surface area contributed by atoms with E-state index in [0.717, 1.165) is 10.7 Å². The highest BCUT2D eigenvalue weighted by molar-refractivity contribution is 7.98. The molecule has 4 nitrogen and oxygen atoms in total. The summed E-state index contributed by atoms with van der Waals surface area (Å²) in [6.07, 6.45) is 2.34. The van der Waals surface area contributed by atoms with Gasteiger partial charge in [0, 0.05) is 10.8 Å². The van der Waals surface area contributed by atoms with Crippen LogP contribution < -0.4 is 0 Å². The van der Waals surface area contributed by atoms with Crippen LogP contribution in [0.2, 0.25) is 0 Å². The Kier molecular flexibility index (Phi) is 2.76. The molecule has 1 N–H and O–H groups in total. The van der Waals surface area contributed by atoms with Crippen molar-refractivity contribution in [2.24, 2.45) is 0 Å². The zero-order valence-corrected chi connectivity index (χ0v) is 9.98. The smallest absolute Gasteiger partial charge is 0.237 e. The summed E-state index contributed by atoms with van der Waals surface area (Å²) in [6.45, 7) is 0. The van der Waals surface area contributed by atoms with Crippen LogP contribution in [0.5, 0.6) is 5.75 Å². The monoisotopic (exact) mass is 248 g/mol. The first-order valence-corrected chi connectivity index (χ1v) is 6.55. The number of aromatic hydroxyl groups is 1. The molecule has 2 aromatic rings. The Morgan fingerprint density at radius 3 is 2.94 bits per heavy atom. The lowest BCUT2D eigenvalue weighted by Crippen LogP contribution is -1.84. The van der Waals surface area contributed by atoms with Gasteiger partial charge in [-0.3, -0.25) is 0 Å². The fraction of sp³-hybridized carbons (Fsp3) is 0.333. The van der Waals surface area contributed by atoms with Gasteiger partial charge in [-0.05, 0) is 25.0 Å². The SMILES string of the molecule is Oc1ccccc1SCc1nc(C2CC2)no1. The molecule has 5 heteroatoms. The minimum atomic E-state index is 0.291. The lowest BCUT2D eigenvalue weighted by molar-refractivity contribution is 0.385. The van der Waals surface area contributed by atoms with Crippen LogP contribution in [-0.2, 0) is 5.75 Å². The topological polar surface area (TPSA) is 59.2 Å². The highest BCUT2D eigenvalue weighted by Gasteiger charge is 2.28. The van der Waals surface area contributed by atoms with E-state index < -0.39 is 0 Å². The molecule has 0 aliphatic heterocycles. The number of thioether (sulfide) groups is 1. The third-order valence-electron chi connectivity index (χ3n) is 2.64. The standard InChI is InChI=1S/C12H12N2O2S/c15-9-3-1-2-4-10(9)17-7-11-13-12(14-16-11)8-5-6-8/h1-4,8,15H,5-7H2. The van der Waals surface area contributed by atoms with E-state index in [1.807, 2.05) is 12.1 Å². The molecule has 0 unspecified atom stereocenters. The summed E-state index contributed by atoms with van der Waals surface area (Å²) < 4.78 is 5.16. The average molecular weight is 248 g/mol. The van der Waals surface area contributed by atoms with Crippen molar-refractivity contribution in [3.63, 3.8) is 0 Å². The lowest BCUT2D eigenvalue weighted by Gasteiger charge is -2.00. The quantitative estimate of drug-likeness (QED) is 0.843. The fourth-order valence-electron chi connectivity index (χ4n) is 1.55. The number of aromatic nitrogens is 2. The van der Waals surface area contributed by atoms with Gasteiger partial charge in [0.15, 0.2) is 5.82 Å². The summed E-state index contributed by atoms with van der Waals surface area (Å²) in [7, 11) is 0. The van der Waals surface area contributed by atoms with Gasteiger partial charge >= 0.3 is 0 Å². The van der Waals surface area contributed by atoms with Gasteiger partial charge in [0.2, 0.25) is 5.89 Å². The van der Waals surface area contributed by atoms with E-state index in [1.165, 1.54) is 24.6 Å². The second kappa shape index (κ2) is 4.41. The molecule has 0 bridgehead atoms. The Morgan fingerprint density at radius 1 is 1.35 bits per heavy atom. The Morgan fingerprint density at radius 2 is 2.18 bits per heavy atom. The lowest BCUT2D eigenvalue weighted by atomic mass is 10.3. The van der Waals surface area contributed by atoms with Crippen LogP contribution in [-0.4, -0.2) is 15.2 Å². The van der Waals surface area contributed by atoms with Crippen molar-refractivity contribution in [1.29, 1.82) is 0 Å². The van der Waals surface area contributed by atoms with Gasteiger partial charge in [-0.25, -0.2) is 0 Å². The van der Waals surface area contributed by atoms with Gasteiger partial charge in [0.25, 0.3) is 0 Å². The van der Waals surface area contributed by atoms with Crippen LogP contribution in [0.15, 0.2) is 33.7 Å². The molecule has 17 heavy (non-hydrogen) atoms. The molecule has 1 aromatic carbocycles. The molecule has 1 aliphatic carbocycles. The van der Waals surface area contributed by atoms with Gasteiger partial charge in [-0.1, -0.05) is 17.3 Å². The summed E-state index contributed by atoms with van der Waals surface area (Å²) >= 11 is 1.50. The number of hydrogen-bond donors (Lipinski definition) is 1. The Hall–Kier alpha value is -1.49. The Balaban J connectivity index is 1.65. The Labute approximate surface area is 103 Å². The van der Waals surface area contributed by atoms with E-state index in [9.17, 15) is 5.11 Å². The summed E-state index contributed by atoms with van der Waals surface area (Å²) in [4.78, 5) is 5.17. The van der Waals surface area contributed by atoms with Crippen molar-refractivity contribution in [2.45, 2.75) is 29.4 Å². The summed E-state index contributed by atoms with van der Waals surface area (Å²) in [5, 5.41) is 13.6. The minimum Gasteiger partial charge on any atom is -0.507 e. The van der Waals surface area contributed by atoms with Gasteiger partial charge in [-0.2, -0.15) is 4.98 Å². The number of para-hydroxylation sites is 1. The molecule has 0 amide bonds. The van der Waals surface area contributed by atoms with Crippen molar-refractivity contribution >= 4 is 11.8 Å². The van der Waals surface area contributed by atoms with E-state index >= 15 is 0 Å². The van der Waals surface area contributed by atoms with Crippen molar-refractivity contribution in [3.8, 4) is 5.75 Å². The molecule has 1 saturated carbocycles. The number of benzene rings is 1. The highest BCUT2D eigenvalue weighted by Crippen LogP contribution is 2.38. The van der Waals surface area contributed by atoms with Crippen LogP contribution in [0.25, 0.3) is 0 Å². The van der Waals surface area contributed by atoms with E-state index in [2.05, 4.69) is 10.1 Å². The Bertz CT molecular complexity index is 523. The maximum Gasteiger partial charge on any atom is 0.237 e. The maximum absolute atomic E-state index is 9.60. The summed E-state index contributed by atoms with van der Waals surface area (Å²) in [6, 6.07) is 7.24. The van der Waals surface area contributed by atoms with E-state index in [1.54, 1.807) is 12.1 Å². The summed E-state index contributed by atoms with van der Waals surface area (Å²) in [5.74, 6) is 2.86. The maximum atomic E-state index is 9.60. The molecule has 1 fully saturated rings. The molecule has 1 aromatic heterocycles. The van der Waals surface area contributed by atoms with Crippen LogP contribution >= 0.6 is 11.8 Å². The second-order valence-corrected chi connectivity index (χ2v) is 5.09. The first-order chi connectivity index (χ1) is 8.33. The average Bonchev–Trinajstić information content (AvgIpc) is 3.08. The number of phenolic OH excluding ortho intramolecular Hbond substituents is 1. The van der Waals surface area contributed by atoms with Crippen LogP contribution in [0.1, 0.15) is 30.5 Å². The number of phenols is 1. The van der Waals surface area contributed by atoms with Gasteiger partial charge in [-0.15, -0.1) is 11.8 Å². The predicted molar refractivity (Wildman–Crippen MR) is 63.9 cm³/mol. The number of hydrogen-bond acceptors (Lipinski definition) is 5. The van der Waals surface area contributed by atoms with Crippen molar-refractivity contribution < 1.29 is 9.63 Å². The number of nitrogens with zero attached hydrogens (tertiary/aromatic N) is 2. The third-order valence-corrected chi connectivity index (χ3v) is 3.69. The molecule has 3 rings (SSSR count). The van der Waals surface area contributed by atoms with E-state index in [0.29, 0.717) is 23.3 Å². The molecule has 88 valence electrons.